The smallest absolute Gasteiger partial charge is 0.0276 e. The van der Waals surface area contributed by atoms with E-state index in [-0.39, 0.29) is 0 Å². The van der Waals surface area contributed by atoms with E-state index in [0.29, 0.717) is 23.8 Å². The second kappa shape index (κ2) is 7.21. The number of aromatic amines is 1. The predicted octanol–water partition coefficient (Wildman–Crippen LogP) is 6.21. The van der Waals surface area contributed by atoms with Crippen LogP contribution in [0.2, 0.25) is 0 Å². The van der Waals surface area contributed by atoms with E-state index in [1.807, 2.05) is 0 Å². The summed E-state index contributed by atoms with van der Waals surface area (Å²) >= 11 is 0. The van der Waals surface area contributed by atoms with Gasteiger partial charge in [0.05, 0.1) is 0 Å². The maximum absolute atomic E-state index is 3.60. The third-order valence-corrected chi connectivity index (χ3v) is 4.79. The van der Waals surface area contributed by atoms with Crippen LogP contribution in [-0.4, -0.2) is 9.55 Å². The molecule has 0 aromatic carbocycles. The number of nitrogens with zero attached hydrogens (tertiary/aromatic N) is 1. The first kappa shape index (κ1) is 16.9. The molecule has 0 amide bonds. The van der Waals surface area contributed by atoms with Gasteiger partial charge in [-0.15, -0.1) is 0 Å². The quantitative estimate of drug-likeness (QED) is 0.627. The zero-order valence-electron chi connectivity index (χ0n) is 15.1. The molecule has 0 unspecified atom stereocenters. The van der Waals surface area contributed by atoms with E-state index < -0.39 is 0 Å². The molecule has 2 heterocycles. The second-order valence-corrected chi connectivity index (χ2v) is 7.34. The van der Waals surface area contributed by atoms with Gasteiger partial charge in [-0.05, 0) is 68.7 Å². The van der Waals surface area contributed by atoms with Crippen molar-refractivity contribution in [1.82, 2.24) is 9.55 Å². The van der Waals surface area contributed by atoms with Gasteiger partial charge in [0.2, 0.25) is 0 Å². The Morgan fingerprint density at radius 1 is 0.864 bits per heavy atom. The van der Waals surface area contributed by atoms with Crippen molar-refractivity contribution in [3.8, 4) is 0 Å². The third kappa shape index (κ3) is 3.85. The van der Waals surface area contributed by atoms with Crippen molar-refractivity contribution in [1.29, 1.82) is 0 Å². The van der Waals surface area contributed by atoms with Gasteiger partial charge < -0.3 is 9.55 Å². The van der Waals surface area contributed by atoms with E-state index in [1.54, 1.807) is 0 Å². The van der Waals surface area contributed by atoms with E-state index in [4.69, 9.17) is 0 Å². The van der Waals surface area contributed by atoms with Crippen molar-refractivity contribution in [3.63, 3.8) is 0 Å². The van der Waals surface area contributed by atoms with Gasteiger partial charge in [0, 0.05) is 29.3 Å². The molecule has 2 heteroatoms. The lowest BCUT2D eigenvalue weighted by Crippen LogP contribution is -2.08. The van der Waals surface area contributed by atoms with E-state index in [2.05, 4.69) is 81.6 Å². The van der Waals surface area contributed by atoms with Gasteiger partial charge in [-0.2, -0.15) is 0 Å². The minimum atomic E-state index is 0.543. The first-order chi connectivity index (χ1) is 10.4. The number of hydrogen-bond acceptors (Lipinski definition) is 0. The molecule has 2 aromatic heterocycles. The van der Waals surface area contributed by atoms with Crippen LogP contribution in [0.25, 0.3) is 0 Å². The predicted molar refractivity (Wildman–Crippen MR) is 95.8 cm³/mol. The van der Waals surface area contributed by atoms with Crippen molar-refractivity contribution in [2.45, 2.75) is 78.2 Å². The Kier molecular flexibility index (Phi) is 5.55. The maximum atomic E-state index is 3.60. The monoisotopic (exact) mass is 300 g/mol. The molecule has 122 valence electrons. The summed E-state index contributed by atoms with van der Waals surface area (Å²) in [7, 11) is 0. The summed E-state index contributed by atoms with van der Waals surface area (Å²) in [6.07, 6.45) is 4.66. The fourth-order valence-electron chi connectivity index (χ4n) is 3.15. The lowest BCUT2D eigenvalue weighted by atomic mass is 9.94. The molecule has 22 heavy (non-hydrogen) atoms. The number of nitrogens with one attached hydrogen (secondary N) is 1. The van der Waals surface area contributed by atoms with Crippen LogP contribution in [0.15, 0.2) is 30.5 Å². The third-order valence-electron chi connectivity index (χ3n) is 4.79. The molecule has 2 aromatic rings. The van der Waals surface area contributed by atoms with Crippen molar-refractivity contribution >= 4 is 0 Å². The fraction of sp³-hybridized carbons (Fsp3) is 0.600. The first-order valence-electron chi connectivity index (χ1n) is 8.75. The number of rotatable bonds is 7. The van der Waals surface area contributed by atoms with Crippen LogP contribution >= 0.6 is 0 Å². The van der Waals surface area contributed by atoms with Gasteiger partial charge in [0.15, 0.2) is 0 Å². The minimum absolute atomic E-state index is 0.543. The van der Waals surface area contributed by atoms with Gasteiger partial charge in [-0.3, -0.25) is 0 Å². The highest BCUT2D eigenvalue weighted by molar-refractivity contribution is 5.19. The van der Waals surface area contributed by atoms with Crippen LogP contribution in [0.5, 0.6) is 0 Å². The van der Waals surface area contributed by atoms with Crippen LogP contribution in [0.1, 0.15) is 95.3 Å². The number of H-pyrrole nitrogens is 1. The fourth-order valence-corrected chi connectivity index (χ4v) is 3.15. The molecule has 2 atom stereocenters. The van der Waals surface area contributed by atoms with Crippen LogP contribution in [0, 0.1) is 0 Å². The minimum Gasteiger partial charge on any atom is -0.362 e. The lowest BCUT2D eigenvalue weighted by Gasteiger charge is -2.20. The Morgan fingerprint density at radius 2 is 1.50 bits per heavy atom. The van der Waals surface area contributed by atoms with Gasteiger partial charge in [-0.1, -0.05) is 27.7 Å². The summed E-state index contributed by atoms with van der Waals surface area (Å²) in [5.41, 5.74) is 4.20. The Hall–Kier alpha value is -1.44. The normalized spacial score (nSPS) is 14.7. The molecule has 2 nitrogen and oxygen atoms in total. The summed E-state index contributed by atoms with van der Waals surface area (Å²) in [5.74, 6) is 1.78. The molecule has 0 bridgehead atoms. The van der Waals surface area contributed by atoms with Crippen LogP contribution in [0.4, 0.5) is 0 Å². The average molecular weight is 300 g/mol. The molecule has 0 spiro atoms. The standard InChI is InChI=1S/C20H32N2/c1-14(2)18-11-12-19(21-18)16(5)9-10-17(6)20-8-7-13-22(20)15(3)4/h7-8,11-17,21H,9-10H2,1-6H3/t16-,17+/m0/s1. The van der Waals surface area contributed by atoms with Gasteiger partial charge in [-0.25, -0.2) is 0 Å². The molecular weight excluding hydrogens is 268 g/mol. The van der Waals surface area contributed by atoms with Gasteiger partial charge in [0.1, 0.15) is 0 Å². The van der Waals surface area contributed by atoms with E-state index in [1.165, 1.54) is 29.9 Å². The topological polar surface area (TPSA) is 20.7 Å². The van der Waals surface area contributed by atoms with Crippen LogP contribution in [0.3, 0.4) is 0 Å². The molecule has 2 rings (SSSR count). The van der Waals surface area contributed by atoms with Crippen LogP contribution < -0.4 is 0 Å². The molecular formula is C20H32N2. The first-order valence-corrected chi connectivity index (χ1v) is 8.75. The van der Waals surface area contributed by atoms with E-state index in [9.17, 15) is 0 Å². The summed E-state index contributed by atoms with van der Waals surface area (Å²) in [4.78, 5) is 3.60. The molecule has 0 aliphatic rings. The van der Waals surface area contributed by atoms with E-state index in [0.717, 1.165) is 0 Å². The zero-order valence-corrected chi connectivity index (χ0v) is 15.1. The van der Waals surface area contributed by atoms with Crippen molar-refractivity contribution in [3.05, 3.63) is 47.5 Å². The molecule has 0 radical (unpaired) electrons. The molecule has 0 fully saturated rings. The molecule has 0 saturated heterocycles. The summed E-state index contributed by atoms with van der Waals surface area (Å²) in [6.45, 7) is 13.7. The highest BCUT2D eigenvalue weighted by Gasteiger charge is 2.15. The SMILES string of the molecule is CC(C)c1ccc([C@@H](C)CC[C@@H](C)c2cccn2C(C)C)[nH]1. The molecule has 0 aliphatic heterocycles. The van der Waals surface area contributed by atoms with Crippen molar-refractivity contribution in [2.24, 2.45) is 0 Å². The van der Waals surface area contributed by atoms with Crippen LogP contribution in [-0.2, 0) is 0 Å². The zero-order chi connectivity index (χ0) is 16.3. The largest absolute Gasteiger partial charge is 0.362 e. The number of hydrogen-bond donors (Lipinski definition) is 1. The highest BCUT2D eigenvalue weighted by Crippen LogP contribution is 2.29. The summed E-state index contributed by atoms with van der Waals surface area (Å²) < 4.78 is 2.40. The van der Waals surface area contributed by atoms with Gasteiger partial charge in [0.25, 0.3) is 0 Å². The lowest BCUT2D eigenvalue weighted by molar-refractivity contribution is 0.508. The Morgan fingerprint density at radius 3 is 2.09 bits per heavy atom. The second-order valence-electron chi connectivity index (χ2n) is 7.34. The molecule has 0 aliphatic carbocycles. The maximum Gasteiger partial charge on any atom is 0.0276 e. The molecule has 0 saturated carbocycles. The van der Waals surface area contributed by atoms with E-state index >= 15 is 0 Å². The molecule has 1 N–H and O–H groups in total. The van der Waals surface area contributed by atoms with Crippen molar-refractivity contribution in [2.75, 3.05) is 0 Å². The van der Waals surface area contributed by atoms with Crippen molar-refractivity contribution < 1.29 is 0 Å². The highest BCUT2D eigenvalue weighted by atomic mass is 15.0. The van der Waals surface area contributed by atoms with Gasteiger partial charge >= 0.3 is 0 Å². The summed E-state index contributed by atoms with van der Waals surface area (Å²) in [6, 6.07) is 9.50. The number of aromatic nitrogens is 2. The Labute approximate surface area is 135 Å². The average Bonchev–Trinajstić information content (AvgIpc) is 3.12. The summed E-state index contributed by atoms with van der Waals surface area (Å²) in [5, 5.41) is 0. The Balaban J connectivity index is 1.95. The Bertz CT molecular complexity index is 574.